The van der Waals surface area contributed by atoms with Gasteiger partial charge in [0.1, 0.15) is 0 Å². The van der Waals surface area contributed by atoms with Crippen LogP contribution in [-0.4, -0.2) is 61.5 Å². The van der Waals surface area contributed by atoms with E-state index in [1.165, 1.54) is 0 Å². The lowest BCUT2D eigenvalue weighted by Crippen LogP contribution is -2.43. The molecule has 0 aliphatic carbocycles. The van der Waals surface area contributed by atoms with Crippen molar-refractivity contribution in [2.45, 2.75) is 31.5 Å². The molecule has 1 aliphatic rings. The quantitative estimate of drug-likeness (QED) is 0.761. The van der Waals surface area contributed by atoms with Crippen LogP contribution in [0, 0.1) is 0 Å². The highest BCUT2D eigenvalue weighted by molar-refractivity contribution is 5.84. The van der Waals surface area contributed by atoms with Gasteiger partial charge in [-0.25, -0.2) is 0 Å². The summed E-state index contributed by atoms with van der Waals surface area (Å²) >= 11 is 0. The van der Waals surface area contributed by atoms with Gasteiger partial charge in [-0.2, -0.15) is 13.2 Å². The number of carbonyl (C=O) groups excluding carboxylic acids is 1. The molecule has 1 heterocycles. The zero-order chi connectivity index (χ0) is 13.1. The van der Waals surface area contributed by atoms with Crippen LogP contribution in [0.1, 0.15) is 19.3 Å². The van der Waals surface area contributed by atoms with Gasteiger partial charge in [-0.1, -0.05) is 0 Å². The zero-order valence-corrected chi connectivity index (χ0v) is 10.3. The van der Waals surface area contributed by atoms with E-state index in [-0.39, 0.29) is 5.78 Å². The third kappa shape index (κ3) is 5.04. The summed E-state index contributed by atoms with van der Waals surface area (Å²) in [6.07, 6.45) is -4.73. The first kappa shape index (κ1) is 14.4. The molecule has 0 radical (unpaired) electrons. The second kappa shape index (κ2) is 5.82. The molecule has 0 amide bonds. The van der Waals surface area contributed by atoms with Crippen molar-refractivity contribution in [2.24, 2.45) is 0 Å². The molecule has 0 spiro atoms. The predicted octanol–water partition coefficient (Wildman–Crippen LogP) is 1.53. The number of Topliss-reactive ketones (excluding diaryl/α,β-unsaturated/α-hetero) is 1. The van der Waals surface area contributed by atoms with Gasteiger partial charge in [0.2, 0.25) is 0 Å². The van der Waals surface area contributed by atoms with E-state index in [0.717, 1.165) is 19.5 Å². The van der Waals surface area contributed by atoms with Crippen LogP contribution in [0.5, 0.6) is 0 Å². The summed E-state index contributed by atoms with van der Waals surface area (Å²) in [6.45, 7) is 2.16. The van der Waals surface area contributed by atoms with Gasteiger partial charge >= 0.3 is 6.18 Å². The molecule has 0 aromatic heterocycles. The fourth-order valence-corrected chi connectivity index (χ4v) is 2.05. The van der Waals surface area contributed by atoms with Gasteiger partial charge in [0.15, 0.2) is 5.78 Å². The predicted molar refractivity (Wildman–Crippen MR) is 58.8 cm³/mol. The summed E-state index contributed by atoms with van der Waals surface area (Å²) in [7, 11) is 3.69. The zero-order valence-electron chi connectivity index (χ0n) is 10.3. The van der Waals surface area contributed by atoms with E-state index >= 15 is 0 Å². The average Bonchev–Trinajstić information content (AvgIpc) is 2.36. The van der Waals surface area contributed by atoms with Crippen LogP contribution in [-0.2, 0) is 4.79 Å². The highest BCUT2D eigenvalue weighted by atomic mass is 19.4. The maximum Gasteiger partial charge on any atom is 0.389 e. The number of alkyl halides is 3. The number of hydrogen-bond acceptors (Lipinski definition) is 3. The number of nitrogens with zero attached hydrogens (tertiary/aromatic N) is 2. The second-order valence-corrected chi connectivity index (χ2v) is 4.69. The second-order valence-electron chi connectivity index (χ2n) is 4.69. The van der Waals surface area contributed by atoms with Crippen molar-refractivity contribution < 1.29 is 18.0 Å². The fourth-order valence-electron chi connectivity index (χ4n) is 2.05. The maximum atomic E-state index is 12.1. The maximum absolute atomic E-state index is 12.1. The normalized spacial score (nSPS) is 24.6. The van der Waals surface area contributed by atoms with Crippen LogP contribution in [0.3, 0.4) is 0 Å². The van der Waals surface area contributed by atoms with E-state index in [4.69, 9.17) is 0 Å². The Balaban J connectivity index is 2.53. The lowest BCUT2D eigenvalue weighted by atomic mass is 10.1. The molecule has 0 aromatic rings. The van der Waals surface area contributed by atoms with Gasteiger partial charge in [-0.05, 0) is 33.6 Å². The lowest BCUT2D eigenvalue weighted by Gasteiger charge is -2.26. The molecule has 0 bridgehead atoms. The fraction of sp³-hybridized carbons (Fsp3) is 0.909. The van der Waals surface area contributed by atoms with Crippen LogP contribution >= 0.6 is 0 Å². The first-order valence-electron chi connectivity index (χ1n) is 5.78. The molecule has 0 N–H and O–H groups in total. The van der Waals surface area contributed by atoms with E-state index in [0.29, 0.717) is 6.54 Å². The summed E-state index contributed by atoms with van der Waals surface area (Å²) < 4.78 is 36.2. The number of ketones is 1. The molecule has 1 unspecified atom stereocenters. The Hall–Kier alpha value is -0.620. The summed E-state index contributed by atoms with van der Waals surface area (Å²) in [6, 6.07) is -0.398. The molecular weight excluding hydrogens is 233 g/mol. The Morgan fingerprint density at radius 1 is 1.29 bits per heavy atom. The SMILES string of the molecule is CN1CCCN(C)C(C(=O)CCC(F)(F)F)C1. The Labute approximate surface area is 99.6 Å². The van der Waals surface area contributed by atoms with Gasteiger partial charge < -0.3 is 4.90 Å². The summed E-state index contributed by atoms with van der Waals surface area (Å²) in [5.74, 6) is -0.307. The number of likely N-dealkylation sites (N-methyl/N-ethyl adjacent to an activating group) is 2. The van der Waals surface area contributed by atoms with Crippen LogP contribution in [0.25, 0.3) is 0 Å². The minimum Gasteiger partial charge on any atom is -0.304 e. The Morgan fingerprint density at radius 3 is 2.53 bits per heavy atom. The van der Waals surface area contributed by atoms with Gasteiger partial charge in [-0.3, -0.25) is 9.69 Å². The van der Waals surface area contributed by atoms with Crippen LogP contribution in [0.15, 0.2) is 0 Å². The lowest BCUT2D eigenvalue weighted by molar-refractivity contribution is -0.145. The molecule has 6 heteroatoms. The van der Waals surface area contributed by atoms with Crippen molar-refractivity contribution in [1.29, 1.82) is 0 Å². The topological polar surface area (TPSA) is 23.6 Å². The number of hydrogen-bond donors (Lipinski definition) is 0. The highest BCUT2D eigenvalue weighted by Gasteiger charge is 2.32. The molecule has 1 rings (SSSR count). The van der Waals surface area contributed by atoms with E-state index < -0.39 is 25.1 Å². The van der Waals surface area contributed by atoms with Crippen molar-refractivity contribution in [1.82, 2.24) is 9.80 Å². The third-order valence-electron chi connectivity index (χ3n) is 3.09. The van der Waals surface area contributed by atoms with Gasteiger partial charge in [-0.15, -0.1) is 0 Å². The molecule has 0 saturated carbocycles. The van der Waals surface area contributed by atoms with E-state index in [1.807, 2.05) is 16.8 Å². The minimum absolute atomic E-state index is 0.307. The highest BCUT2D eigenvalue weighted by Crippen LogP contribution is 2.22. The Morgan fingerprint density at radius 2 is 1.94 bits per heavy atom. The first-order chi connectivity index (χ1) is 7.79. The standard InChI is InChI=1S/C11H19F3N2O/c1-15-6-3-7-16(2)9(8-15)10(17)4-5-11(12,13)14/h9H,3-8H2,1-2H3. The van der Waals surface area contributed by atoms with E-state index in [1.54, 1.807) is 7.05 Å². The molecule has 100 valence electrons. The molecule has 1 aliphatic heterocycles. The number of rotatable bonds is 3. The van der Waals surface area contributed by atoms with Crippen molar-refractivity contribution in [3.8, 4) is 0 Å². The van der Waals surface area contributed by atoms with Gasteiger partial charge in [0.25, 0.3) is 0 Å². The molecule has 17 heavy (non-hydrogen) atoms. The Kier molecular flexibility index (Phi) is 4.94. The van der Waals surface area contributed by atoms with Gasteiger partial charge in [0, 0.05) is 13.0 Å². The van der Waals surface area contributed by atoms with Crippen molar-refractivity contribution in [2.75, 3.05) is 33.7 Å². The molecule has 1 fully saturated rings. The third-order valence-corrected chi connectivity index (χ3v) is 3.09. The minimum atomic E-state index is -4.25. The van der Waals surface area contributed by atoms with Crippen LogP contribution < -0.4 is 0 Å². The number of carbonyl (C=O) groups is 1. The first-order valence-corrected chi connectivity index (χ1v) is 5.78. The molecular formula is C11H19F3N2O. The van der Waals surface area contributed by atoms with Crippen molar-refractivity contribution >= 4 is 5.78 Å². The van der Waals surface area contributed by atoms with Gasteiger partial charge in [0.05, 0.1) is 12.5 Å². The summed E-state index contributed by atoms with van der Waals surface area (Å²) in [5, 5.41) is 0. The van der Waals surface area contributed by atoms with E-state index in [9.17, 15) is 18.0 Å². The van der Waals surface area contributed by atoms with Crippen molar-refractivity contribution in [3.05, 3.63) is 0 Å². The largest absolute Gasteiger partial charge is 0.389 e. The molecule has 1 atom stereocenters. The monoisotopic (exact) mass is 252 g/mol. The summed E-state index contributed by atoms with van der Waals surface area (Å²) in [4.78, 5) is 15.6. The van der Waals surface area contributed by atoms with Crippen molar-refractivity contribution in [3.63, 3.8) is 0 Å². The Bertz CT molecular complexity index is 268. The smallest absolute Gasteiger partial charge is 0.304 e. The molecule has 0 aromatic carbocycles. The average molecular weight is 252 g/mol. The van der Waals surface area contributed by atoms with Crippen LogP contribution in [0.4, 0.5) is 13.2 Å². The van der Waals surface area contributed by atoms with E-state index in [2.05, 4.69) is 0 Å². The van der Waals surface area contributed by atoms with Crippen LogP contribution in [0.2, 0.25) is 0 Å². The molecule has 1 saturated heterocycles. The summed E-state index contributed by atoms with van der Waals surface area (Å²) in [5.41, 5.74) is 0. The molecule has 3 nitrogen and oxygen atoms in total. The number of halogens is 3.